The molecule has 1 aromatic heterocycles. The van der Waals surface area contributed by atoms with Crippen LogP contribution in [0.25, 0.3) is 0 Å². The van der Waals surface area contributed by atoms with E-state index >= 15 is 0 Å². The molecule has 1 N–H and O–H groups in total. The first kappa shape index (κ1) is 17.0. The fourth-order valence-electron chi connectivity index (χ4n) is 3.49. The Morgan fingerprint density at radius 2 is 2.00 bits per heavy atom. The molecule has 0 saturated heterocycles. The summed E-state index contributed by atoms with van der Waals surface area (Å²) in [6.45, 7) is 6.55. The predicted octanol–water partition coefficient (Wildman–Crippen LogP) is 2.93. The Kier molecular flexibility index (Phi) is 5.27. The first-order chi connectivity index (χ1) is 10.4. The fraction of sp³-hybridized carbons (Fsp3) is 0.765. The van der Waals surface area contributed by atoms with Gasteiger partial charge >= 0.3 is 0 Å². The fourth-order valence-corrected chi connectivity index (χ4v) is 3.49. The molecule has 124 valence electrons. The molecule has 5 nitrogen and oxygen atoms in total. The van der Waals surface area contributed by atoms with Crippen molar-refractivity contribution in [1.29, 1.82) is 0 Å². The lowest BCUT2D eigenvalue weighted by Gasteiger charge is -2.29. The van der Waals surface area contributed by atoms with Crippen LogP contribution in [-0.2, 0) is 0 Å². The highest BCUT2D eigenvalue weighted by Crippen LogP contribution is 2.30. The zero-order valence-electron chi connectivity index (χ0n) is 14.3. The van der Waals surface area contributed by atoms with Gasteiger partial charge in [-0.05, 0) is 38.7 Å². The van der Waals surface area contributed by atoms with Crippen LogP contribution in [0.15, 0.2) is 6.07 Å². The topological polar surface area (TPSA) is 58.4 Å². The molecular weight excluding hydrogens is 278 g/mol. The molecule has 0 radical (unpaired) electrons. The summed E-state index contributed by atoms with van der Waals surface area (Å²) in [5.74, 6) is -0.0483. The number of nitrogens with zero attached hydrogens (tertiary/aromatic N) is 3. The van der Waals surface area contributed by atoms with Gasteiger partial charge in [0.25, 0.3) is 5.91 Å². The van der Waals surface area contributed by atoms with Crippen LogP contribution in [0, 0.1) is 6.92 Å². The summed E-state index contributed by atoms with van der Waals surface area (Å²) in [4.78, 5) is 14.5. The van der Waals surface area contributed by atoms with Crippen molar-refractivity contribution >= 4 is 5.91 Å². The van der Waals surface area contributed by atoms with Crippen molar-refractivity contribution in [3.8, 4) is 0 Å². The minimum atomic E-state index is -0.709. The van der Waals surface area contributed by atoms with Crippen molar-refractivity contribution in [2.45, 2.75) is 70.9 Å². The highest BCUT2D eigenvalue weighted by Gasteiger charge is 2.34. The highest BCUT2D eigenvalue weighted by molar-refractivity contribution is 5.92. The number of rotatable bonds is 6. The van der Waals surface area contributed by atoms with Crippen molar-refractivity contribution in [3.63, 3.8) is 0 Å². The summed E-state index contributed by atoms with van der Waals surface area (Å²) in [6.07, 6.45) is 5.56. The van der Waals surface area contributed by atoms with E-state index in [1.807, 2.05) is 17.7 Å². The molecular formula is C17H29N3O2. The average Bonchev–Trinajstić information content (AvgIpc) is 3.06. The monoisotopic (exact) mass is 307 g/mol. The molecule has 1 aliphatic carbocycles. The quantitative estimate of drug-likeness (QED) is 0.879. The minimum Gasteiger partial charge on any atom is -0.388 e. The van der Waals surface area contributed by atoms with Gasteiger partial charge in [-0.25, -0.2) is 0 Å². The maximum Gasteiger partial charge on any atom is 0.271 e. The summed E-state index contributed by atoms with van der Waals surface area (Å²) in [7, 11) is 1.78. The predicted molar refractivity (Wildman–Crippen MR) is 87.0 cm³/mol. The Labute approximate surface area is 133 Å². The molecule has 0 aromatic carbocycles. The Bertz CT molecular complexity index is 514. The molecule has 2 rings (SSSR count). The van der Waals surface area contributed by atoms with E-state index in [1.54, 1.807) is 11.9 Å². The van der Waals surface area contributed by atoms with Crippen molar-refractivity contribution in [2.75, 3.05) is 13.6 Å². The maximum absolute atomic E-state index is 12.8. The lowest BCUT2D eigenvalue weighted by Crippen LogP contribution is -2.42. The first-order valence-electron chi connectivity index (χ1n) is 8.44. The minimum absolute atomic E-state index is 0.0483. The Morgan fingerprint density at radius 3 is 2.55 bits per heavy atom. The second-order valence-corrected chi connectivity index (χ2v) is 6.68. The zero-order valence-corrected chi connectivity index (χ0v) is 14.3. The van der Waals surface area contributed by atoms with Crippen LogP contribution in [-0.4, -0.2) is 44.9 Å². The summed E-state index contributed by atoms with van der Waals surface area (Å²) < 4.78 is 1.87. The number of hydrogen-bond acceptors (Lipinski definition) is 3. The van der Waals surface area contributed by atoms with Gasteiger partial charge in [-0.3, -0.25) is 9.48 Å². The Morgan fingerprint density at radius 1 is 1.41 bits per heavy atom. The molecule has 1 saturated carbocycles. The van der Waals surface area contributed by atoms with Crippen LogP contribution in [0.3, 0.4) is 0 Å². The van der Waals surface area contributed by atoms with Gasteiger partial charge in [-0.15, -0.1) is 0 Å². The van der Waals surface area contributed by atoms with Gasteiger partial charge in [-0.1, -0.05) is 26.7 Å². The molecule has 0 unspecified atom stereocenters. The second-order valence-electron chi connectivity index (χ2n) is 6.68. The third-order valence-corrected chi connectivity index (χ3v) is 4.78. The van der Waals surface area contributed by atoms with E-state index in [-0.39, 0.29) is 11.9 Å². The number of aryl methyl sites for hydroxylation is 1. The van der Waals surface area contributed by atoms with Crippen molar-refractivity contribution in [3.05, 3.63) is 17.5 Å². The number of hydrogen-bond donors (Lipinski definition) is 1. The molecule has 1 heterocycles. The Balaban J connectivity index is 2.18. The third-order valence-electron chi connectivity index (χ3n) is 4.78. The number of amides is 1. The van der Waals surface area contributed by atoms with Gasteiger partial charge in [0, 0.05) is 13.6 Å². The van der Waals surface area contributed by atoms with Crippen LogP contribution in [0.4, 0.5) is 0 Å². The SMILES string of the molecule is CCC(CC)n1nc(C)cc1C(=O)N(C)CC1(O)CCCC1. The molecule has 22 heavy (non-hydrogen) atoms. The Hall–Kier alpha value is -1.36. The van der Waals surface area contributed by atoms with Gasteiger partial charge in [-0.2, -0.15) is 5.10 Å². The van der Waals surface area contributed by atoms with Gasteiger partial charge in [0.2, 0.25) is 0 Å². The van der Waals surface area contributed by atoms with Crippen LogP contribution in [0.5, 0.6) is 0 Å². The van der Waals surface area contributed by atoms with Gasteiger partial charge < -0.3 is 10.0 Å². The van der Waals surface area contributed by atoms with Gasteiger partial charge in [0.05, 0.1) is 17.3 Å². The van der Waals surface area contributed by atoms with E-state index in [2.05, 4.69) is 18.9 Å². The molecule has 1 fully saturated rings. The van der Waals surface area contributed by atoms with E-state index in [0.29, 0.717) is 12.2 Å². The smallest absolute Gasteiger partial charge is 0.271 e. The lowest BCUT2D eigenvalue weighted by molar-refractivity contribution is 0.0151. The van der Waals surface area contributed by atoms with Crippen LogP contribution in [0.1, 0.15) is 74.6 Å². The zero-order chi connectivity index (χ0) is 16.3. The molecule has 1 aliphatic rings. The van der Waals surface area contributed by atoms with Crippen LogP contribution in [0.2, 0.25) is 0 Å². The van der Waals surface area contributed by atoms with Crippen molar-refractivity contribution < 1.29 is 9.90 Å². The standard InChI is InChI=1S/C17H29N3O2/c1-5-14(6-2)20-15(11-13(3)18-20)16(21)19(4)12-17(22)9-7-8-10-17/h11,14,22H,5-10,12H2,1-4H3. The maximum atomic E-state index is 12.8. The summed E-state index contributed by atoms with van der Waals surface area (Å²) in [5.41, 5.74) is 0.790. The molecule has 5 heteroatoms. The van der Waals surface area contributed by atoms with E-state index in [1.165, 1.54) is 0 Å². The number of carbonyl (C=O) groups excluding carboxylic acids is 1. The van der Waals surface area contributed by atoms with E-state index in [9.17, 15) is 9.90 Å². The number of aromatic nitrogens is 2. The van der Waals surface area contributed by atoms with Gasteiger partial charge in [0.15, 0.2) is 0 Å². The molecule has 0 bridgehead atoms. The number of likely N-dealkylation sites (N-methyl/N-ethyl adjacent to an activating group) is 1. The largest absolute Gasteiger partial charge is 0.388 e. The molecule has 0 aliphatic heterocycles. The summed E-state index contributed by atoms with van der Waals surface area (Å²) in [5, 5.41) is 15.0. The van der Waals surface area contributed by atoms with Crippen LogP contribution < -0.4 is 0 Å². The number of aliphatic hydroxyl groups is 1. The van der Waals surface area contributed by atoms with E-state index in [4.69, 9.17) is 0 Å². The molecule has 0 atom stereocenters. The first-order valence-corrected chi connectivity index (χ1v) is 8.44. The van der Waals surface area contributed by atoms with Crippen molar-refractivity contribution in [1.82, 2.24) is 14.7 Å². The van der Waals surface area contributed by atoms with Crippen LogP contribution >= 0.6 is 0 Å². The summed E-state index contributed by atoms with van der Waals surface area (Å²) >= 11 is 0. The number of carbonyl (C=O) groups is 1. The molecule has 0 spiro atoms. The van der Waals surface area contributed by atoms with E-state index in [0.717, 1.165) is 44.2 Å². The lowest BCUT2D eigenvalue weighted by atomic mass is 10.0. The molecule has 1 amide bonds. The third kappa shape index (κ3) is 3.51. The summed E-state index contributed by atoms with van der Waals surface area (Å²) in [6, 6.07) is 2.10. The second kappa shape index (κ2) is 6.82. The van der Waals surface area contributed by atoms with E-state index < -0.39 is 5.60 Å². The highest BCUT2D eigenvalue weighted by atomic mass is 16.3. The average molecular weight is 307 g/mol. The van der Waals surface area contributed by atoms with Crippen molar-refractivity contribution in [2.24, 2.45) is 0 Å². The normalized spacial score (nSPS) is 17.2. The molecule has 1 aromatic rings. The van der Waals surface area contributed by atoms with Gasteiger partial charge in [0.1, 0.15) is 5.69 Å².